The number of nitrogens with zero attached hydrogens (tertiary/aromatic N) is 2. The number of benzene rings is 1. The lowest BCUT2D eigenvalue weighted by atomic mass is 10.1. The third kappa shape index (κ3) is 1.76. The van der Waals surface area contributed by atoms with Crippen LogP contribution >= 0.6 is 23.2 Å². The second-order valence-corrected chi connectivity index (χ2v) is 3.81. The zero-order valence-electron chi connectivity index (χ0n) is 7.46. The van der Waals surface area contributed by atoms with Crippen molar-refractivity contribution >= 4 is 23.2 Å². The third-order valence-corrected chi connectivity index (χ3v) is 2.35. The molecule has 1 aromatic carbocycles. The van der Waals surface area contributed by atoms with E-state index in [-0.39, 0.29) is 0 Å². The van der Waals surface area contributed by atoms with E-state index in [2.05, 4.69) is 11.3 Å². The first kappa shape index (κ1) is 9.56. The molecule has 0 aliphatic carbocycles. The number of halogens is 2. The number of hydrogen-bond donors (Lipinski definition) is 0. The highest BCUT2D eigenvalue weighted by molar-refractivity contribution is 6.35. The fourth-order valence-corrected chi connectivity index (χ4v) is 1.82. The molecule has 0 saturated carbocycles. The molecule has 0 aliphatic heterocycles. The molecule has 0 atom stereocenters. The highest BCUT2D eigenvalue weighted by Gasteiger charge is 2.04. The van der Waals surface area contributed by atoms with Crippen molar-refractivity contribution in [2.75, 3.05) is 0 Å². The van der Waals surface area contributed by atoms with Crippen LogP contribution in [0.4, 0.5) is 0 Å². The Kier molecular flexibility index (Phi) is 2.48. The Morgan fingerprint density at radius 1 is 1.21 bits per heavy atom. The van der Waals surface area contributed by atoms with E-state index in [1.54, 1.807) is 16.8 Å². The molecule has 2 rings (SSSR count). The van der Waals surface area contributed by atoms with Crippen molar-refractivity contribution in [2.24, 2.45) is 7.05 Å². The Morgan fingerprint density at radius 2 is 1.86 bits per heavy atom. The zero-order chi connectivity index (χ0) is 10.1. The van der Waals surface area contributed by atoms with Crippen LogP contribution in [-0.2, 0) is 7.05 Å². The average molecular weight is 226 g/mol. The van der Waals surface area contributed by atoms with Crippen LogP contribution in [0.15, 0.2) is 24.3 Å². The van der Waals surface area contributed by atoms with E-state index < -0.39 is 0 Å². The minimum atomic E-state index is 0.619. The van der Waals surface area contributed by atoms with E-state index >= 15 is 0 Å². The molecule has 4 heteroatoms. The standard InChI is InChI=1S/C10H7Cl2N2/c1-14-10(2-3-13-14)7-4-8(11)6-9(12)5-7/h2,4-6H,1H3. The Bertz CT molecular complexity index is 443. The second-order valence-electron chi connectivity index (χ2n) is 2.94. The van der Waals surface area contributed by atoms with Crippen LogP contribution in [0.2, 0.25) is 10.0 Å². The van der Waals surface area contributed by atoms with E-state index in [1.807, 2.05) is 19.2 Å². The summed E-state index contributed by atoms with van der Waals surface area (Å²) in [6, 6.07) is 7.19. The molecular formula is C10H7Cl2N2. The molecule has 2 nitrogen and oxygen atoms in total. The van der Waals surface area contributed by atoms with Gasteiger partial charge in [0.25, 0.3) is 0 Å². The maximum atomic E-state index is 5.90. The molecule has 0 unspecified atom stereocenters. The van der Waals surface area contributed by atoms with Gasteiger partial charge in [-0.3, -0.25) is 4.68 Å². The Labute approximate surface area is 92.1 Å². The van der Waals surface area contributed by atoms with Crippen LogP contribution < -0.4 is 0 Å². The molecule has 0 spiro atoms. The molecule has 2 aromatic rings. The van der Waals surface area contributed by atoms with Crippen molar-refractivity contribution in [3.05, 3.63) is 40.5 Å². The molecule has 0 bridgehead atoms. The van der Waals surface area contributed by atoms with E-state index in [4.69, 9.17) is 23.2 Å². The highest BCUT2D eigenvalue weighted by Crippen LogP contribution is 2.26. The van der Waals surface area contributed by atoms with Crippen molar-refractivity contribution in [3.8, 4) is 11.3 Å². The summed E-state index contributed by atoms with van der Waals surface area (Å²) in [6.07, 6.45) is 2.76. The van der Waals surface area contributed by atoms with Crippen LogP contribution in [0.1, 0.15) is 0 Å². The molecule has 1 heterocycles. The SMILES string of the molecule is Cn1n[c]cc1-c1cc(Cl)cc(Cl)c1. The smallest absolute Gasteiger partial charge is 0.113 e. The van der Waals surface area contributed by atoms with E-state index in [9.17, 15) is 0 Å². The highest BCUT2D eigenvalue weighted by atomic mass is 35.5. The van der Waals surface area contributed by atoms with Gasteiger partial charge in [0.15, 0.2) is 0 Å². The summed E-state index contributed by atoms with van der Waals surface area (Å²) in [5.74, 6) is 0. The van der Waals surface area contributed by atoms with Crippen molar-refractivity contribution < 1.29 is 0 Å². The van der Waals surface area contributed by atoms with Gasteiger partial charge in [0.05, 0.1) is 5.69 Å². The van der Waals surface area contributed by atoms with Crippen LogP contribution in [0.25, 0.3) is 11.3 Å². The minimum absolute atomic E-state index is 0.619. The number of hydrogen-bond acceptors (Lipinski definition) is 1. The van der Waals surface area contributed by atoms with Crippen LogP contribution in [0.3, 0.4) is 0 Å². The molecule has 0 aliphatic rings. The molecule has 14 heavy (non-hydrogen) atoms. The van der Waals surface area contributed by atoms with E-state index in [0.29, 0.717) is 10.0 Å². The van der Waals surface area contributed by atoms with Crippen LogP contribution in [-0.4, -0.2) is 9.78 Å². The lowest BCUT2D eigenvalue weighted by Crippen LogP contribution is -1.93. The van der Waals surface area contributed by atoms with Crippen molar-refractivity contribution in [2.45, 2.75) is 0 Å². The van der Waals surface area contributed by atoms with Gasteiger partial charge in [0.1, 0.15) is 6.20 Å². The van der Waals surface area contributed by atoms with Crippen molar-refractivity contribution in [3.63, 3.8) is 0 Å². The first-order chi connectivity index (χ1) is 6.66. The number of aryl methyl sites for hydroxylation is 1. The summed E-state index contributed by atoms with van der Waals surface area (Å²) in [4.78, 5) is 0. The lowest BCUT2D eigenvalue weighted by Gasteiger charge is -2.03. The second kappa shape index (κ2) is 3.64. The molecule has 1 aromatic heterocycles. The van der Waals surface area contributed by atoms with Crippen LogP contribution in [0.5, 0.6) is 0 Å². The van der Waals surface area contributed by atoms with Crippen molar-refractivity contribution in [1.82, 2.24) is 9.78 Å². The van der Waals surface area contributed by atoms with Gasteiger partial charge in [0, 0.05) is 22.7 Å². The van der Waals surface area contributed by atoms with Gasteiger partial charge >= 0.3 is 0 Å². The largest absolute Gasteiger partial charge is 0.267 e. The molecule has 0 N–H and O–H groups in total. The van der Waals surface area contributed by atoms with Gasteiger partial charge < -0.3 is 0 Å². The topological polar surface area (TPSA) is 17.8 Å². The minimum Gasteiger partial charge on any atom is -0.267 e. The summed E-state index contributed by atoms with van der Waals surface area (Å²) < 4.78 is 1.72. The molecule has 0 amide bonds. The van der Waals surface area contributed by atoms with Gasteiger partial charge in [-0.05, 0) is 24.3 Å². The Morgan fingerprint density at radius 3 is 2.36 bits per heavy atom. The van der Waals surface area contributed by atoms with E-state index in [1.165, 1.54) is 0 Å². The Balaban J connectivity index is 2.57. The summed E-state index contributed by atoms with van der Waals surface area (Å²) in [5.41, 5.74) is 1.88. The van der Waals surface area contributed by atoms with Gasteiger partial charge in [-0.15, -0.1) is 0 Å². The predicted octanol–water partition coefficient (Wildman–Crippen LogP) is 3.19. The summed E-state index contributed by atoms with van der Waals surface area (Å²) in [7, 11) is 1.85. The molecular weight excluding hydrogens is 219 g/mol. The zero-order valence-corrected chi connectivity index (χ0v) is 8.97. The molecule has 0 saturated heterocycles. The number of rotatable bonds is 1. The van der Waals surface area contributed by atoms with Crippen molar-refractivity contribution in [1.29, 1.82) is 0 Å². The fraction of sp³-hybridized carbons (Fsp3) is 0.100. The summed E-state index contributed by atoms with van der Waals surface area (Å²) in [5, 5.41) is 5.20. The van der Waals surface area contributed by atoms with Gasteiger partial charge in [-0.1, -0.05) is 23.2 Å². The van der Waals surface area contributed by atoms with Gasteiger partial charge in [-0.2, -0.15) is 5.10 Å². The summed E-state index contributed by atoms with van der Waals surface area (Å²) in [6.45, 7) is 0. The van der Waals surface area contributed by atoms with E-state index in [0.717, 1.165) is 11.3 Å². The normalized spacial score (nSPS) is 10.5. The average Bonchev–Trinajstić information content (AvgIpc) is 2.49. The third-order valence-electron chi connectivity index (χ3n) is 1.92. The molecule has 71 valence electrons. The first-order valence-corrected chi connectivity index (χ1v) is 4.79. The quantitative estimate of drug-likeness (QED) is 0.730. The summed E-state index contributed by atoms with van der Waals surface area (Å²) >= 11 is 11.8. The van der Waals surface area contributed by atoms with Crippen LogP contribution in [0, 0.1) is 6.20 Å². The van der Waals surface area contributed by atoms with Gasteiger partial charge in [-0.25, -0.2) is 0 Å². The van der Waals surface area contributed by atoms with Gasteiger partial charge in [0.2, 0.25) is 0 Å². The lowest BCUT2D eigenvalue weighted by molar-refractivity contribution is 0.773. The fourth-order valence-electron chi connectivity index (χ4n) is 1.30. The predicted molar refractivity (Wildman–Crippen MR) is 57.5 cm³/mol. The molecule has 0 fully saturated rings. The molecule has 1 radical (unpaired) electrons. The maximum Gasteiger partial charge on any atom is 0.113 e. The maximum absolute atomic E-state index is 5.90. The Hall–Kier alpha value is -0.990. The number of aromatic nitrogens is 2. The first-order valence-electron chi connectivity index (χ1n) is 4.03. The monoisotopic (exact) mass is 225 g/mol.